The van der Waals surface area contributed by atoms with Gasteiger partial charge in [0.05, 0.1) is 0 Å². The Bertz CT molecular complexity index is 512. The molecule has 176 valence electrons. The molecule has 0 aliphatic heterocycles. The fourth-order valence-electron chi connectivity index (χ4n) is 2.25. The second-order valence-corrected chi connectivity index (χ2v) is 7.68. The van der Waals surface area contributed by atoms with Gasteiger partial charge in [-0.25, -0.2) is 0 Å². The summed E-state index contributed by atoms with van der Waals surface area (Å²) in [6, 6.07) is 6.55. The van der Waals surface area contributed by atoms with Gasteiger partial charge in [0.15, 0.2) is 0 Å². The molecule has 0 saturated carbocycles. The molecule has 0 atom stereocenters. The van der Waals surface area contributed by atoms with Gasteiger partial charge in [0.25, 0.3) is 0 Å². The molecule has 2 nitrogen and oxygen atoms in total. The highest BCUT2D eigenvalue weighted by Crippen LogP contribution is 2.19. The van der Waals surface area contributed by atoms with Crippen LogP contribution in [-0.2, 0) is 0 Å². The summed E-state index contributed by atoms with van der Waals surface area (Å²) in [5.41, 5.74) is 5.25. The molecule has 0 N–H and O–H groups in total. The average Bonchev–Trinajstić information content (AvgIpc) is 2.71. The number of hydrogen-bond acceptors (Lipinski definition) is 2. The van der Waals surface area contributed by atoms with Gasteiger partial charge in [-0.05, 0) is 52.5 Å². The maximum atomic E-state index is 4.32. The molecule has 2 aromatic rings. The van der Waals surface area contributed by atoms with Crippen LogP contribution in [0.1, 0.15) is 144 Å². The second kappa shape index (κ2) is 20.6. The van der Waals surface area contributed by atoms with Crippen LogP contribution >= 0.6 is 0 Å². The normalized spacial score (nSPS) is 9.33. The van der Waals surface area contributed by atoms with Crippen molar-refractivity contribution in [2.24, 2.45) is 0 Å². The summed E-state index contributed by atoms with van der Waals surface area (Å²) in [5, 5.41) is 0. The molecule has 0 amide bonds. The van der Waals surface area contributed by atoms with E-state index in [2.05, 4.69) is 83.6 Å². The van der Waals surface area contributed by atoms with Crippen molar-refractivity contribution in [1.82, 2.24) is 9.97 Å². The lowest BCUT2D eigenvalue weighted by molar-refractivity contribution is 0.799. The summed E-state index contributed by atoms with van der Waals surface area (Å²) < 4.78 is 0. The lowest BCUT2D eigenvalue weighted by atomic mass is 9.99. The van der Waals surface area contributed by atoms with E-state index in [-0.39, 0.29) is 14.9 Å². The summed E-state index contributed by atoms with van der Waals surface area (Å²) in [7, 11) is 0. The first-order valence-electron chi connectivity index (χ1n) is 11.1. The number of nitrogens with zero attached hydrogens (tertiary/aromatic N) is 2. The first-order chi connectivity index (χ1) is 13.2. The zero-order valence-corrected chi connectivity index (χ0v) is 20.7. The Morgan fingerprint density at radius 1 is 0.567 bits per heavy atom. The van der Waals surface area contributed by atoms with Crippen LogP contribution in [0, 0.1) is 0 Å². The summed E-state index contributed by atoms with van der Waals surface area (Å²) >= 11 is 0. The van der Waals surface area contributed by atoms with Crippen molar-refractivity contribution in [3.05, 3.63) is 59.2 Å². The smallest absolute Gasteiger partial charge is 0.0431 e. The van der Waals surface area contributed by atoms with Crippen LogP contribution in [0.5, 0.6) is 0 Å². The summed E-state index contributed by atoms with van der Waals surface area (Å²) in [6.45, 7) is 25.5. The molecular weight excluding hydrogens is 364 g/mol. The van der Waals surface area contributed by atoms with Gasteiger partial charge in [-0.1, -0.05) is 104 Å². The van der Waals surface area contributed by atoms with Gasteiger partial charge < -0.3 is 0 Å². The highest BCUT2D eigenvalue weighted by Gasteiger charge is 2.04. The van der Waals surface area contributed by atoms with Gasteiger partial charge in [-0.3, -0.25) is 9.97 Å². The largest absolute Gasteiger partial charge is 0.264 e. The van der Waals surface area contributed by atoms with E-state index in [1.54, 1.807) is 0 Å². The van der Waals surface area contributed by atoms with Crippen molar-refractivity contribution in [3.63, 3.8) is 0 Å². The highest BCUT2D eigenvalue weighted by atomic mass is 14.7. The van der Waals surface area contributed by atoms with Crippen LogP contribution in [0.15, 0.2) is 36.8 Å². The van der Waals surface area contributed by atoms with Crippen molar-refractivity contribution in [2.45, 2.75) is 122 Å². The van der Waals surface area contributed by atoms with Gasteiger partial charge in [-0.2, -0.15) is 0 Å². The molecule has 2 heterocycles. The first-order valence-corrected chi connectivity index (χ1v) is 11.1. The van der Waals surface area contributed by atoms with Gasteiger partial charge in [0.2, 0.25) is 0 Å². The highest BCUT2D eigenvalue weighted by molar-refractivity contribution is 5.23. The topological polar surface area (TPSA) is 25.8 Å². The fraction of sp³-hybridized carbons (Fsp3) is 0.643. The standard InChI is InChI=1S/2C11H17N.2C2H6.2CH4/c1-8(2)10-5-11(9(3)4)7-12-6-10;1-8(2)10-5-6-12-11(7-10)9(3)4;2*1-2;;/h2*5-9H,1-4H3;2*1-2H3;2*1H4. The van der Waals surface area contributed by atoms with E-state index < -0.39 is 0 Å². The molecule has 30 heavy (non-hydrogen) atoms. The van der Waals surface area contributed by atoms with Crippen LogP contribution in [0.2, 0.25) is 0 Å². The van der Waals surface area contributed by atoms with Crippen LogP contribution < -0.4 is 0 Å². The molecule has 0 aliphatic carbocycles. The fourth-order valence-corrected chi connectivity index (χ4v) is 2.25. The molecule has 0 unspecified atom stereocenters. The van der Waals surface area contributed by atoms with Crippen molar-refractivity contribution in [3.8, 4) is 0 Å². The van der Waals surface area contributed by atoms with Crippen molar-refractivity contribution in [2.75, 3.05) is 0 Å². The average molecular weight is 419 g/mol. The predicted molar refractivity (Wildman–Crippen MR) is 141 cm³/mol. The van der Waals surface area contributed by atoms with E-state index in [9.17, 15) is 0 Å². The molecule has 2 heteroatoms. The molecule has 0 saturated heterocycles. The van der Waals surface area contributed by atoms with E-state index in [0.29, 0.717) is 23.7 Å². The SMILES string of the molecule is C.C.CC.CC.CC(C)c1ccnc(C(C)C)c1.CC(C)c1cncc(C(C)C)c1. The van der Waals surface area contributed by atoms with Gasteiger partial charge >= 0.3 is 0 Å². The Kier molecular flexibility index (Phi) is 24.5. The van der Waals surface area contributed by atoms with Crippen LogP contribution in [-0.4, -0.2) is 9.97 Å². The van der Waals surface area contributed by atoms with Gasteiger partial charge in [-0.15, -0.1) is 0 Å². The summed E-state index contributed by atoms with van der Waals surface area (Å²) in [4.78, 5) is 8.55. The number of rotatable bonds is 4. The predicted octanol–water partition coefficient (Wildman–Crippen LogP) is 9.98. The van der Waals surface area contributed by atoms with E-state index in [1.165, 1.54) is 22.4 Å². The molecule has 0 bridgehead atoms. The van der Waals surface area contributed by atoms with E-state index >= 15 is 0 Å². The van der Waals surface area contributed by atoms with Gasteiger partial charge in [0.1, 0.15) is 0 Å². The maximum Gasteiger partial charge on any atom is 0.0431 e. The Morgan fingerprint density at radius 3 is 1.30 bits per heavy atom. The van der Waals surface area contributed by atoms with Crippen molar-refractivity contribution >= 4 is 0 Å². The Hall–Kier alpha value is -1.70. The molecule has 2 aromatic heterocycles. The second-order valence-electron chi connectivity index (χ2n) is 7.68. The maximum absolute atomic E-state index is 4.32. The molecule has 0 radical (unpaired) electrons. The molecule has 0 fully saturated rings. The Labute approximate surface area is 191 Å². The Morgan fingerprint density at radius 2 is 0.967 bits per heavy atom. The van der Waals surface area contributed by atoms with Crippen LogP contribution in [0.3, 0.4) is 0 Å². The van der Waals surface area contributed by atoms with Crippen molar-refractivity contribution < 1.29 is 0 Å². The first kappa shape index (κ1) is 35.7. The molecule has 0 spiro atoms. The zero-order chi connectivity index (χ0) is 22.3. The third-order valence-electron chi connectivity index (χ3n) is 4.18. The van der Waals surface area contributed by atoms with E-state index in [4.69, 9.17) is 0 Å². The molecule has 0 aromatic carbocycles. The summed E-state index contributed by atoms with van der Waals surface area (Å²) in [6.07, 6.45) is 5.82. The molecule has 2 rings (SSSR count). The third kappa shape index (κ3) is 14.3. The van der Waals surface area contributed by atoms with Crippen molar-refractivity contribution in [1.29, 1.82) is 0 Å². The zero-order valence-electron chi connectivity index (χ0n) is 20.7. The van der Waals surface area contributed by atoms with E-state index in [1.807, 2.05) is 46.3 Å². The lowest BCUT2D eigenvalue weighted by Crippen LogP contribution is -1.95. The third-order valence-corrected chi connectivity index (χ3v) is 4.18. The minimum Gasteiger partial charge on any atom is -0.264 e. The number of aromatic nitrogens is 2. The quantitative estimate of drug-likeness (QED) is 0.493. The monoisotopic (exact) mass is 418 g/mol. The minimum atomic E-state index is 0. The lowest BCUT2D eigenvalue weighted by Gasteiger charge is -2.09. The molecule has 0 aliphatic rings. The molecular formula is C28H54N2. The number of hydrogen-bond donors (Lipinski definition) is 0. The van der Waals surface area contributed by atoms with E-state index in [0.717, 1.165) is 0 Å². The van der Waals surface area contributed by atoms with Crippen LogP contribution in [0.25, 0.3) is 0 Å². The minimum absolute atomic E-state index is 0. The van der Waals surface area contributed by atoms with Crippen LogP contribution in [0.4, 0.5) is 0 Å². The van der Waals surface area contributed by atoms with Gasteiger partial charge in [0, 0.05) is 24.3 Å². The Balaban J connectivity index is -0.000000183. The number of pyridine rings is 2. The summed E-state index contributed by atoms with van der Waals surface area (Å²) in [5.74, 6) is 2.29.